The Balaban J connectivity index is 2.48. The van der Waals surface area contributed by atoms with Crippen LogP contribution in [0.3, 0.4) is 0 Å². The summed E-state index contributed by atoms with van der Waals surface area (Å²) in [5.74, 6) is -0.402. The van der Waals surface area contributed by atoms with Crippen molar-refractivity contribution in [3.8, 4) is 0 Å². The van der Waals surface area contributed by atoms with Crippen LogP contribution in [0.15, 0.2) is 27.4 Å². The highest BCUT2D eigenvalue weighted by atomic mass is 16.4. The van der Waals surface area contributed by atoms with Gasteiger partial charge in [0.1, 0.15) is 0 Å². The largest absolute Gasteiger partial charge is 0.419 e. The molecule has 0 saturated carbocycles. The van der Waals surface area contributed by atoms with Crippen LogP contribution in [-0.4, -0.2) is 16.2 Å². The van der Waals surface area contributed by atoms with Crippen molar-refractivity contribution in [3.63, 3.8) is 0 Å². The third-order valence-corrected chi connectivity index (χ3v) is 2.64. The molecule has 0 spiro atoms. The number of hydrogen-bond donors (Lipinski definition) is 2. The van der Waals surface area contributed by atoms with E-state index in [2.05, 4.69) is 0 Å². The van der Waals surface area contributed by atoms with Crippen LogP contribution in [0.1, 0.15) is 18.1 Å². The van der Waals surface area contributed by atoms with E-state index in [0.717, 1.165) is 0 Å². The van der Waals surface area contributed by atoms with Crippen LogP contribution >= 0.6 is 0 Å². The van der Waals surface area contributed by atoms with Gasteiger partial charge in [-0.25, -0.2) is 4.79 Å². The third-order valence-electron chi connectivity index (χ3n) is 2.64. The molecule has 1 aromatic heterocycles. The molecule has 2 aromatic rings. The number of aromatic nitrogens is 1. The quantitative estimate of drug-likeness (QED) is 0.793. The van der Waals surface area contributed by atoms with E-state index in [4.69, 9.17) is 10.2 Å². The SMILES string of the molecule is Cn1c(=O)oc2cc(C(O)CCN)ccc21. The Morgan fingerprint density at radius 2 is 2.31 bits per heavy atom. The number of nitrogens with two attached hydrogens (primary N) is 1. The molecule has 1 heterocycles. The van der Waals surface area contributed by atoms with Crippen molar-refractivity contribution in [3.05, 3.63) is 34.3 Å². The van der Waals surface area contributed by atoms with E-state index in [1.165, 1.54) is 4.57 Å². The number of fused-ring (bicyclic) bond motifs is 1. The maximum Gasteiger partial charge on any atom is 0.419 e. The van der Waals surface area contributed by atoms with E-state index < -0.39 is 11.9 Å². The first-order valence-corrected chi connectivity index (χ1v) is 5.11. The molecule has 0 aliphatic carbocycles. The maximum absolute atomic E-state index is 11.3. The number of benzene rings is 1. The molecule has 0 fully saturated rings. The Morgan fingerprint density at radius 3 is 3.00 bits per heavy atom. The number of hydrogen-bond acceptors (Lipinski definition) is 4. The predicted octanol–water partition coefficient (Wildman–Crippen LogP) is 0.514. The number of nitrogens with zero attached hydrogens (tertiary/aromatic N) is 1. The lowest BCUT2D eigenvalue weighted by Crippen LogP contribution is -2.08. The van der Waals surface area contributed by atoms with Gasteiger partial charge in [-0.05, 0) is 30.7 Å². The summed E-state index contributed by atoms with van der Waals surface area (Å²) in [5, 5.41) is 9.75. The van der Waals surface area contributed by atoms with Gasteiger partial charge >= 0.3 is 5.76 Å². The van der Waals surface area contributed by atoms with Crippen LogP contribution in [-0.2, 0) is 7.05 Å². The Kier molecular flexibility index (Phi) is 2.80. The lowest BCUT2D eigenvalue weighted by molar-refractivity contribution is 0.170. The normalized spacial score (nSPS) is 13.2. The fourth-order valence-electron chi connectivity index (χ4n) is 1.68. The maximum atomic E-state index is 11.3. The van der Waals surface area contributed by atoms with Crippen LogP contribution in [0.4, 0.5) is 0 Å². The van der Waals surface area contributed by atoms with Gasteiger partial charge in [-0.3, -0.25) is 4.57 Å². The standard InChI is InChI=1S/C11H14N2O3/c1-13-8-3-2-7(9(14)4-5-12)6-10(8)16-11(13)15/h2-3,6,9,14H,4-5,12H2,1H3. The van der Waals surface area contributed by atoms with E-state index in [-0.39, 0.29) is 0 Å². The second-order valence-corrected chi connectivity index (χ2v) is 3.75. The first kappa shape index (κ1) is 10.9. The molecule has 0 aliphatic rings. The van der Waals surface area contributed by atoms with Gasteiger partial charge in [-0.1, -0.05) is 6.07 Å². The van der Waals surface area contributed by atoms with Crippen molar-refractivity contribution in [2.24, 2.45) is 12.8 Å². The van der Waals surface area contributed by atoms with Gasteiger partial charge in [-0.2, -0.15) is 0 Å². The molecule has 3 N–H and O–H groups in total. The van der Waals surface area contributed by atoms with Crippen LogP contribution in [0, 0.1) is 0 Å². The lowest BCUT2D eigenvalue weighted by Gasteiger charge is -2.08. The number of aryl methyl sites for hydroxylation is 1. The molecule has 5 heteroatoms. The molecule has 1 atom stereocenters. The third kappa shape index (κ3) is 1.75. The van der Waals surface area contributed by atoms with Crippen LogP contribution in [0.5, 0.6) is 0 Å². The van der Waals surface area contributed by atoms with Crippen LogP contribution in [0.2, 0.25) is 0 Å². The zero-order chi connectivity index (χ0) is 11.7. The number of aliphatic hydroxyl groups is 1. The second-order valence-electron chi connectivity index (χ2n) is 3.75. The van der Waals surface area contributed by atoms with Gasteiger partial charge in [0.25, 0.3) is 0 Å². The van der Waals surface area contributed by atoms with E-state index >= 15 is 0 Å². The van der Waals surface area contributed by atoms with Crippen molar-refractivity contribution in [1.82, 2.24) is 4.57 Å². The fourth-order valence-corrected chi connectivity index (χ4v) is 1.68. The summed E-state index contributed by atoms with van der Waals surface area (Å²) in [6.45, 7) is 0.415. The zero-order valence-corrected chi connectivity index (χ0v) is 9.01. The topological polar surface area (TPSA) is 81.4 Å². The molecular formula is C11H14N2O3. The van der Waals surface area contributed by atoms with Crippen molar-refractivity contribution in [2.75, 3.05) is 6.54 Å². The second kappa shape index (κ2) is 4.11. The van der Waals surface area contributed by atoms with Gasteiger partial charge in [0.05, 0.1) is 11.6 Å². The van der Waals surface area contributed by atoms with Crippen molar-refractivity contribution < 1.29 is 9.52 Å². The predicted molar refractivity (Wildman–Crippen MR) is 60.1 cm³/mol. The molecule has 16 heavy (non-hydrogen) atoms. The summed E-state index contributed by atoms with van der Waals surface area (Å²) >= 11 is 0. The summed E-state index contributed by atoms with van der Waals surface area (Å²) in [7, 11) is 1.64. The molecule has 0 amide bonds. The Labute approximate surface area is 92.1 Å². The summed E-state index contributed by atoms with van der Waals surface area (Å²) < 4.78 is 6.46. The number of rotatable bonds is 3. The zero-order valence-electron chi connectivity index (χ0n) is 9.01. The Bertz CT molecular complexity index is 556. The summed E-state index contributed by atoms with van der Waals surface area (Å²) in [6.07, 6.45) is -0.123. The van der Waals surface area contributed by atoms with E-state index in [1.54, 1.807) is 25.2 Å². The van der Waals surface area contributed by atoms with E-state index in [1.807, 2.05) is 0 Å². The van der Waals surface area contributed by atoms with Gasteiger partial charge in [0.15, 0.2) is 5.58 Å². The van der Waals surface area contributed by atoms with E-state index in [9.17, 15) is 9.90 Å². The highest BCUT2D eigenvalue weighted by Gasteiger charge is 2.10. The summed E-state index contributed by atoms with van der Waals surface area (Å²) in [6, 6.07) is 5.21. The van der Waals surface area contributed by atoms with Gasteiger partial charge < -0.3 is 15.3 Å². The Hall–Kier alpha value is -1.59. The molecule has 1 unspecified atom stereocenters. The van der Waals surface area contributed by atoms with Gasteiger partial charge in [-0.15, -0.1) is 0 Å². The fraction of sp³-hybridized carbons (Fsp3) is 0.364. The van der Waals surface area contributed by atoms with Crippen molar-refractivity contribution >= 4 is 11.1 Å². The van der Waals surface area contributed by atoms with Crippen LogP contribution in [0.25, 0.3) is 11.1 Å². The first-order valence-electron chi connectivity index (χ1n) is 5.11. The monoisotopic (exact) mass is 222 g/mol. The minimum atomic E-state index is -0.611. The Morgan fingerprint density at radius 1 is 1.56 bits per heavy atom. The summed E-state index contributed by atoms with van der Waals surface area (Å²) in [4.78, 5) is 11.3. The highest BCUT2D eigenvalue weighted by Crippen LogP contribution is 2.21. The molecule has 0 aliphatic heterocycles. The highest BCUT2D eigenvalue weighted by molar-refractivity contribution is 5.73. The van der Waals surface area contributed by atoms with E-state index in [0.29, 0.717) is 29.6 Å². The molecule has 86 valence electrons. The average molecular weight is 222 g/mol. The lowest BCUT2D eigenvalue weighted by atomic mass is 10.1. The molecule has 5 nitrogen and oxygen atoms in total. The molecule has 0 saturated heterocycles. The minimum absolute atomic E-state index is 0.402. The molecule has 2 rings (SSSR count). The van der Waals surface area contributed by atoms with Crippen molar-refractivity contribution in [2.45, 2.75) is 12.5 Å². The van der Waals surface area contributed by atoms with Gasteiger partial charge in [0.2, 0.25) is 0 Å². The van der Waals surface area contributed by atoms with Gasteiger partial charge in [0, 0.05) is 7.05 Å². The van der Waals surface area contributed by atoms with Crippen LogP contribution < -0.4 is 11.5 Å². The smallest absolute Gasteiger partial charge is 0.408 e. The average Bonchev–Trinajstić information content (AvgIpc) is 2.55. The molecular weight excluding hydrogens is 208 g/mol. The number of oxazole rings is 1. The molecule has 1 aromatic carbocycles. The minimum Gasteiger partial charge on any atom is -0.408 e. The summed E-state index contributed by atoms with van der Waals surface area (Å²) in [5.41, 5.74) is 7.29. The molecule has 0 bridgehead atoms. The molecule has 0 radical (unpaired) electrons. The first-order chi connectivity index (χ1) is 7.63. The van der Waals surface area contributed by atoms with Crippen molar-refractivity contribution in [1.29, 1.82) is 0 Å². The number of aliphatic hydroxyl groups excluding tert-OH is 1.